The summed E-state index contributed by atoms with van der Waals surface area (Å²) in [5.41, 5.74) is 0.100. The van der Waals surface area contributed by atoms with E-state index >= 15 is 0 Å². The molecule has 0 amide bonds. The first-order valence-electron chi connectivity index (χ1n) is 4.93. The minimum atomic E-state index is -1.01. The highest BCUT2D eigenvalue weighted by molar-refractivity contribution is 5.21. The molecule has 0 bridgehead atoms. The van der Waals surface area contributed by atoms with Crippen LogP contribution in [0.1, 0.15) is 24.5 Å². The quantitative estimate of drug-likeness (QED) is 0.817. The number of aliphatic hydroxyl groups excluding tert-OH is 1. The van der Waals surface area contributed by atoms with Crippen molar-refractivity contribution in [3.05, 3.63) is 35.4 Å². The third kappa shape index (κ3) is 2.16. The van der Waals surface area contributed by atoms with E-state index in [1.54, 1.807) is 0 Å². The second kappa shape index (κ2) is 4.24. The third-order valence-electron chi connectivity index (χ3n) is 2.60. The summed E-state index contributed by atoms with van der Waals surface area (Å²) in [7, 11) is 0. The van der Waals surface area contributed by atoms with Crippen LogP contribution in [0.15, 0.2) is 18.2 Å². The highest BCUT2D eigenvalue weighted by Gasteiger charge is 2.27. The molecule has 1 aliphatic rings. The van der Waals surface area contributed by atoms with Crippen molar-refractivity contribution in [3.8, 4) is 0 Å². The Balaban J connectivity index is 2.20. The molecule has 0 saturated carbocycles. The van der Waals surface area contributed by atoms with Crippen LogP contribution < -0.4 is 0 Å². The zero-order chi connectivity index (χ0) is 10.8. The first-order chi connectivity index (χ1) is 7.18. The van der Waals surface area contributed by atoms with Crippen LogP contribution in [0.2, 0.25) is 0 Å². The SMILES string of the molecule is OC(c1ccc(F)cc1F)C1CCCO1. The van der Waals surface area contributed by atoms with E-state index in [1.807, 2.05) is 0 Å². The van der Waals surface area contributed by atoms with Gasteiger partial charge in [-0.3, -0.25) is 0 Å². The smallest absolute Gasteiger partial charge is 0.132 e. The lowest BCUT2D eigenvalue weighted by Crippen LogP contribution is -2.18. The first-order valence-corrected chi connectivity index (χ1v) is 4.93. The number of halogens is 2. The van der Waals surface area contributed by atoms with Gasteiger partial charge in [0.1, 0.15) is 17.7 Å². The maximum absolute atomic E-state index is 13.3. The molecule has 1 fully saturated rings. The van der Waals surface area contributed by atoms with Crippen molar-refractivity contribution in [3.63, 3.8) is 0 Å². The monoisotopic (exact) mass is 214 g/mol. The van der Waals surface area contributed by atoms with Gasteiger partial charge in [-0.05, 0) is 18.9 Å². The van der Waals surface area contributed by atoms with Crippen LogP contribution in [0, 0.1) is 11.6 Å². The molecule has 1 saturated heterocycles. The molecule has 2 nitrogen and oxygen atoms in total. The van der Waals surface area contributed by atoms with Gasteiger partial charge >= 0.3 is 0 Å². The summed E-state index contributed by atoms with van der Waals surface area (Å²) in [5, 5.41) is 9.80. The lowest BCUT2D eigenvalue weighted by atomic mass is 10.0. The predicted molar refractivity (Wildman–Crippen MR) is 50.3 cm³/mol. The van der Waals surface area contributed by atoms with Crippen molar-refractivity contribution in [1.82, 2.24) is 0 Å². The van der Waals surface area contributed by atoms with Crippen molar-refractivity contribution >= 4 is 0 Å². The average molecular weight is 214 g/mol. The van der Waals surface area contributed by atoms with Gasteiger partial charge in [-0.15, -0.1) is 0 Å². The molecule has 0 aromatic heterocycles. The van der Waals surface area contributed by atoms with Crippen LogP contribution >= 0.6 is 0 Å². The van der Waals surface area contributed by atoms with Gasteiger partial charge < -0.3 is 9.84 Å². The molecule has 2 atom stereocenters. The Hall–Kier alpha value is -1.00. The summed E-state index contributed by atoms with van der Waals surface area (Å²) >= 11 is 0. The normalized spacial score (nSPS) is 23.0. The standard InChI is InChI=1S/C11H12F2O2/c12-7-3-4-8(9(13)6-7)11(14)10-2-1-5-15-10/h3-4,6,10-11,14H,1-2,5H2. The number of ether oxygens (including phenoxy) is 1. The summed E-state index contributed by atoms with van der Waals surface area (Å²) < 4.78 is 31.2. The van der Waals surface area contributed by atoms with Gasteiger partial charge in [0.25, 0.3) is 0 Å². The fraction of sp³-hybridized carbons (Fsp3) is 0.455. The molecule has 15 heavy (non-hydrogen) atoms. The molecular weight excluding hydrogens is 202 g/mol. The fourth-order valence-corrected chi connectivity index (χ4v) is 1.79. The van der Waals surface area contributed by atoms with E-state index in [9.17, 15) is 13.9 Å². The summed E-state index contributed by atoms with van der Waals surface area (Å²) in [6, 6.07) is 3.17. The van der Waals surface area contributed by atoms with Gasteiger partial charge in [-0.2, -0.15) is 0 Å². The lowest BCUT2D eigenvalue weighted by molar-refractivity contribution is -0.00430. The molecule has 0 aliphatic carbocycles. The summed E-state index contributed by atoms with van der Waals surface area (Å²) in [4.78, 5) is 0. The van der Waals surface area contributed by atoms with Crippen LogP contribution in [0.5, 0.6) is 0 Å². The minimum absolute atomic E-state index is 0.100. The number of aliphatic hydroxyl groups is 1. The number of hydrogen-bond donors (Lipinski definition) is 1. The maximum Gasteiger partial charge on any atom is 0.132 e. The van der Waals surface area contributed by atoms with E-state index in [0.29, 0.717) is 13.0 Å². The zero-order valence-corrected chi connectivity index (χ0v) is 8.12. The average Bonchev–Trinajstić information content (AvgIpc) is 2.69. The van der Waals surface area contributed by atoms with Crippen LogP contribution in [0.25, 0.3) is 0 Å². The molecule has 0 spiro atoms. The van der Waals surface area contributed by atoms with Crippen LogP contribution in [0.3, 0.4) is 0 Å². The van der Waals surface area contributed by atoms with E-state index in [4.69, 9.17) is 4.74 Å². The Morgan fingerprint density at radius 2 is 2.20 bits per heavy atom. The second-order valence-corrected chi connectivity index (χ2v) is 3.66. The Morgan fingerprint density at radius 3 is 2.80 bits per heavy atom. The molecule has 0 radical (unpaired) electrons. The lowest BCUT2D eigenvalue weighted by Gasteiger charge is -2.18. The van der Waals surface area contributed by atoms with Gasteiger partial charge in [-0.25, -0.2) is 8.78 Å². The second-order valence-electron chi connectivity index (χ2n) is 3.66. The zero-order valence-electron chi connectivity index (χ0n) is 8.12. The van der Waals surface area contributed by atoms with E-state index in [0.717, 1.165) is 18.6 Å². The third-order valence-corrected chi connectivity index (χ3v) is 2.60. The van der Waals surface area contributed by atoms with E-state index < -0.39 is 17.7 Å². The Labute approximate surface area is 86.5 Å². The fourth-order valence-electron chi connectivity index (χ4n) is 1.79. The highest BCUT2D eigenvalue weighted by Crippen LogP contribution is 2.28. The van der Waals surface area contributed by atoms with Crippen molar-refractivity contribution in [2.45, 2.75) is 25.0 Å². The molecular formula is C11H12F2O2. The van der Waals surface area contributed by atoms with Crippen molar-refractivity contribution < 1.29 is 18.6 Å². The van der Waals surface area contributed by atoms with Gasteiger partial charge in [0, 0.05) is 18.2 Å². The largest absolute Gasteiger partial charge is 0.386 e. The summed E-state index contributed by atoms with van der Waals surface area (Å²) in [6.07, 6.45) is 0.195. The van der Waals surface area contributed by atoms with Crippen molar-refractivity contribution in [2.24, 2.45) is 0 Å². The van der Waals surface area contributed by atoms with Gasteiger partial charge in [0.15, 0.2) is 0 Å². The molecule has 4 heteroatoms. The molecule has 1 N–H and O–H groups in total. The topological polar surface area (TPSA) is 29.5 Å². The predicted octanol–water partition coefficient (Wildman–Crippen LogP) is 2.18. The Bertz CT molecular complexity index is 348. The van der Waals surface area contributed by atoms with Gasteiger partial charge in [0.05, 0.1) is 6.10 Å². The molecule has 1 aliphatic heterocycles. The van der Waals surface area contributed by atoms with Crippen molar-refractivity contribution in [2.75, 3.05) is 6.61 Å². The van der Waals surface area contributed by atoms with E-state index in [-0.39, 0.29) is 11.7 Å². The highest BCUT2D eigenvalue weighted by atomic mass is 19.1. The molecule has 1 aromatic rings. The van der Waals surface area contributed by atoms with Crippen LogP contribution in [-0.2, 0) is 4.74 Å². The Morgan fingerprint density at radius 1 is 1.40 bits per heavy atom. The number of benzene rings is 1. The maximum atomic E-state index is 13.3. The summed E-state index contributed by atoms with van der Waals surface area (Å²) in [5.74, 6) is -1.37. The molecule has 1 aromatic carbocycles. The van der Waals surface area contributed by atoms with E-state index in [1.165, 1.54) is 6.07 Å². The van der Waals surface area contributed by atoms with Gasteiger partial charge in [-0.1, -0.05) is 6.07 Å². The van der Waals surface area contributed by atoms with Crippen LogP contribution in [0.4, 0.5) is 8.78 Å². The Kier molecular flexibility index (Phi) is 2.98. The molecule has 82 valence electrons. The number of rotatable bonds is 2. The minimum Gasteiger partial charge on any atom is -0.386 e. The van der Waals surface area contributed by atoms with Gasteiger partial charge in [0.2, 0.25) is 0 Å². The van der Waals surface area contributed by atoms with Crippen LogP contribution in [-0.4, -0.2) is 17.8 Å². The molecule has 2 unspecified atom stereocenters. The van der Waals surface area contributed by atoms with Crippen molar-refractivity contribution in [1.29, 1.82) is 0 Å². The number of hydrogen-bond acceptors (Lipinski definition) is 2. The summed E-state index contributed by atoms with van der Waals surface area (Å²) in [6.45, 7) is 0.588. The molecule has 1 heterocycles. The van der Waals surface area contributed by atoms with E-state index in [2.05, 4.69) is 0 Å². The first kappa shape index (κ1) is 10.5. The molecule has 2 rings (SSSR count).